The first-order valence-corrected chi connectivity index (χ1v) is 7.13. The summed E-state index contributed by atoms with van der Waals surface area (Å²) in [5, 5.41) is 11.3. The third-order valence-electron chi connectivity index (χ3n) is 2.77. The smallest absolute Gasteiger partial charge is 0.183 e. The third-order valence-corrected chi connectivity index (χ3v) is 3.06. The number of benzene rings is 1. The van der Waals surface area contributed by atoms with E-state index in [-0.39, 0.29) is 17.4 Å². The van der Waals surface area contributed by atoms with Crippen molar-refractivity contribution in [2.45, 2.75) is 33.0 Å². The quantitative estimate of drug-likeness (QED) is 0.854. The Morgan fingerprint density at radius 2 is 2.24 bits per heavy atom. The van der Waals surface area contributed by atoms with Crippen LogP contribution in [-0.2, 0) is 13.1 Å². The van der Waals surface area contributed by atoms with Crippen LogP contribution in [0, 0.1) is 5.82 Å². The highest BCUT2D eigenvalue weighted by Gasteiger charge is 2.07. The lowest BCUT2D eigenvalue weighted by molar-refractivity contribution is 0.277. The second-order valence-electron chi connectivity index (χ2n) is 4.91. The van der Waals surface area contributed by atoms with Gasteiger partial charge in [0.05, 0.1) is 17.3 Å². The fraction of sp³-hybridized carbons (Fsp3) is 0.429. The van der Waals surface area contributed by atoms with Gasteiger partial charge in [0.2, 0.25) is 0 Å². The first-order valence-electron chi connectivity index (χ1n) is 6.75. The average molecular weight is 313 g/mol. The van der Waals surface area contributed by atoms with Gasteiger partial charge in [-0.05, 0) is 12.1 Å². The van der Waals surface area contributed by atoms with E-state index in [1.54, 1.807) is 16.8 Å². The molecule has 5 nitrogen and oxygen atoms in total. The normalized spacial score (nSPS) is 11.1. The van der Waals surface area contributed by atoms with Gasteiger partial charge in [0.15, 0.2) is 11.6 Å². The molecule has 0 aliphatic carbocycles. The predicted molar refractivity (Wildman–Crippen MR) is 78.9 cm³/mol. The highest BCUT2D eigenvalue weighted by atomic mass is 35.5. The molecule has 21 heavy (non-hydrogen) atoms. The van der Waals surface area contributed by atoms with Crippen LogP contribution in [0.1, 0.15) is 19.5 Å². The lowest BCUT2D eigenvalue weighted by Gasteiger charge is -2.07. The van der Waals surface area contributed by atoms with Gasteiger partial charge in [-0.3, -0.25) is 0 Å². The molecule has 0 saturated heterocycles. The highest BCUT2D eigenvalue weighted by molar-refractivity contribution is 6.30. The van der Waals surface area contributed by atoms with Crippen LogP contribution >= 0.6 is 11.6 Å². The van der Waals surface area contributed by atoms with Crippen LogP contribution < -0.4 is 10.1 Å². The van der Waals surface area contributed by atoms with Crippen LogP contribution in [0.3, 0.4) is 0 Å². The molecule has 7 heteroatoms. The Kier molecular flexibility index (Phi) is 5.52. The largest absolute Gasteiger partial charge is 0.489 e. The van der Waals surface area contributed by atoms with E-state index < -0.39 is 5.82 Å². The number of halogens is 2. The van der Waals surface area contributed by atoms with Gasteiger partial charge in [-0.2, -0.15) is 0 Å². The first-order chi connectivity index (χ1) is 10.1. The SMILES string of the molecule is CC(C)NCc1cn(CCOc2cccc(Cl)c2F)nn1. The van der Waals surface area contributed by atoms with Gasteiger partial charge in [0.25, 0.3) is 0 Å². The van der Waals surface area contributed by atoms with Crippen LogP contribution in [0.2, 0.25) is 5.02 Å². The van der Waals surface area contributed by atoms with Crippen LogP contribution in [0.25, 0.3) is 0 Å². The molecule has 1 aromatic heterocycles. The Balaban J connectivity index is 1.82. The molecule has 0 spiro atoms. The summed E-state index contributed by atoms with van der Waals surface area (Å²) in [5.74, 6) is -0.399. The molecule has 1 N–H and O–H groups in total. The van der Waals surface area contributed by atoms with Gasteiger partial charge >= 0.3 is 0 Å². The minimum atomic E-state index is -0.542. The summed E-state index contributed by atoms with van der Waals surface area (Å²) in [5.41, 5.74) is 0.859. The summed E-state index contributed by atoms with van der Waals surface area (Å²) in [6.07, 6.45) is 1.84. The van der Waals surface area contributed by atoms with Gasteiger partial charge in [-0.1, -0.05) is 36.7 Å². The number of nitrogens with one attached hydrogen (secondary N) is 1. The molecular weight excluding hydrogens is 295 g/mol. The molecule has 0 unspecified atom stereocenters. The Morgan fingerprint density at radius 1 is 1.43 bits per heavy atom. The maximum absolute atomic E-state index is 13.6. The second-order valence-corrected chi connectivity index (χ2v) is 5.32. The zero-order chi connectivity index (χ0) is 15.2. The van der Waals surface area contributed by atoms with Crippen LogP contribution in [0.5, 0.6) is 5.75 Å². The van der Waals surface area contributed by atoms with Crippen LogP contribution in [0.15, 0.2) is 24.4 Å². The molecule has 0 bridgehead atoms. The van der Waals surface area contributed by atoms with Crippen LogP contribution in [-0.4, -0.2) is 27.6 Å². The predicted octanol–water partition coefficient (Wildman–Crippen LogP) is 2.65. The zero-order valence-electron chi connectivity index (χ0n) is 12.0. The molecule has 1 heterocycles. The van der Waals surface area contributed by atoms with E-state index in [9.17, 15) is 4.39 Å². The zero-order valence-corrected chi connectivity index (χ0v) is 12.8. The number of hydrogen-bond donors (Lipinski definition) is 1. The van der Waals surface area contributed by atoms with Crippen molar-refractivity contribution in [1.82, 2.24) is 20.3 Å². The minimum Gasteiger partial charge on any atom is -0.489 e. The molecule has 0 saturated carbocycles. The molecule has 0 atom stereocenters. The monoisotopic (exact) mass is 312 g/mol. The number of hydrogen-bond acceptors (Lipinski definition) is 4. The maximum atomic E-state index is 13.6. The molecule has 0 aliphatic rings. The van der Waals surface area contributed by atoms with E-state index in [4.69, 9.17) is 16.3 Å². The molecular formula is C14H18ClFN4O. The Bertz CT molecular complexity index is 588. The fourth-order valence-electron chi connectivity index (χ4n) is 1.68. The summed E-state index contributed by atoms with van der Waals surface area (Å²) in [4.78, 5) is 0. The molecule has 1 aromatic carbocycles. The van der Waals surface area contributed by atoms with Crippen molar-refractivity contribution in [2.75, 3.05) is 6.61 Å². The van der Waals surface area contributed by atoms with Gasteiger partial charge in [0, 0.05) is 18.8 Å². The highest BCUT2D eigenvalue weighted by Crippen LogP contribution is 2.23. The van der Waals surface area contributed by atoms with Crippen molar-refractivity contribution in [2.24, 2.45) is 0 Å². The molecule has 114 valence electrons. The van der Waals surface area contributed by atoms with Gasteiger partial charge < -0.3 is 10.1 Å². The summed E-state index contributed by atoms with van der Waals surface area (Å²) in [7, 11) is 0. The lowest BCUT2D eigenvalue weighted by Crippen LogP contribution is -2.21. The summed E-state index contributed by atoms with van der Waals surface area (Å²) >= 11 is 5.68. The Hall–Kier alpha value is -1.66. The Labute approximate surface area is 128 Å². The van der Waals surface area contributed by atoms with E-state index in [2.05, 4.69) is 29.5 Å². The number of rotatable bonds is 7. The molecule has 0 radical (unpaired) electrons. The van der Waals surface area contributed by atoms with E-state index >= 15 is 0 Å². The first kappa shape index (κ1) is 15.7. The van der Waals surface area contributed by atoms with E-state index in [0.717, 1.165) is 5.69 Å². The Morgan fingerprint density at radius 3 is 3.00 bits per heavy atom. The molecule has 0 fully saturated rings. The standard InChI is InChI=1S/C14H18ClFN4O/c1-10(2)17-8-11-9-20(19-18-11)6-7-21-13-5-3-4-12(15)14(13)16/h3-5,9-10,17H,6-8H2,1-2H3. The fourth-order valence-corrected chi connectivity index (χ4v) is 1.85. The van der Waals surface area contributed by atoms with E-state index in [0.29, 0.717) is 19.1 Å². The summed E-state index contributed by atoms with van der Waals surface area (Å²) in [6, 6.07) is 5.06. The maximum Gasteiger partial charge on any atom is 0.183 e. The summed E-state index contributed by atoms with van der Waals surface area (Å²) < 4.78 is 20.6. The molecule has 0 amide bonds. The van der Waals surface area contributed by atoms with Crippen molar-refractivity contribution < 1.29 is 9.13 Å². The van der Waals surface area contributed by atoms with E-state index in [1.807, 2.05) is 6.20 Å². The van der Waals surface area contributed by atoms with Crippen LogP contribution in [0.4, 0.5) is 4.39 Å². The van der Waals surface area contributed by atoms with Crippen molar-refractivity contribution in [3.8, 4) is 5.75 Å². The number of aromatic nitrogens is 3. The molecule has 2 aromatic rings. The molecule has 0 aliphatic heterocycles. The third kappa shape index (κ3) is 4.68. The lowest BCUT2D eigenvalue weighted by atomic mass is 10.3. The molecule has 2 rings (SSSR count). The van der Waals surface area contributed by atoms with Gasteiger partial charge in [0.1, 0.15) is 6.61 Å². The summed E-state index contributed by atoms with van der Waals surface area (Å²) in [6.45, 7) is 5.58. The average Bonchev–Trinajstić information content (AvgIpc) is 2.89. The van der Waals surface area contributed by atoms with Gasteiger partial charge in [-0.25, -0.2) is 9.07 Å². The second kappa shape index (κ2) is 7.38. The van der Waals surface area contributed by atoms with Crippen molar-refractivity contribution in [3.05, 3.63) is 40.9 Å². The van der Waals surface area contributed by atoms with Gasteiger partial charge in [-0.15, -0.1) is 5.10 Å². The van der Waals surface area contributed by atoms with Crippen molar-refractivity contribution in [1.29, 1.82) is 0 Å². The number of nitrogens with zero attached hydrogens (tertiary/aromatic N) is 3. The minimum absolute atomic E-state index is 0.0512. The number of ether oxygens (including phenoxy) is 1. The van der Waals surface area contributed by atoms with E-state index in [1.165, 1.54) is 6.07 Å². The van der Waals surface area contributed by atoms with Crippen molar-refractivity contribution >= 4 is 11.6 Å². The van der Waals surface area contributed by atoms with Crippen molar-refractivity contribution in [3.63, 3.8) is 0 Å². The topological polar surface area (TPSA) is 52.0 Å².